The molecule has 1 aliphatic rings. The van der Waals surface area contributed by atoms with Crippen molar-refractivity contribution in [3.63, 3.8) is 0 Å². The number of urea groups is 1. The first-order valence-electron chi connectivity index (χ1n) is 9.76. The van der Waals surface area contributed by atoms with Crippen LogP contribution in [-0.2, 0) is 0 Å². The van der Waals surface area contributed by atoms with Gasteiger partial charge >= 0.3 is 6.03 Å². The summed E-state index contributed by atoms with van der Waals surface area (Å²) in [4.78, 5) is 16.9. The number of hydrogen-bond donors (Lipinski definition) is 2. The van der Waals surface area contributed by atoms with Gasteiger partial charge in [-0.2, -0.15) is 0 Å². The molecule has 0 aromatic heterocycles. The summed E-state index contributed by atoms with van der Waals surface area (Å²) < 4.78 is 0. The van der Waals surface area contributed by atoms with E-state index in [9.17, 15) is 4.79 Å². The molecule has 1 aliphatic heterocycles. The van der Waals surface area contributed by atoms with Crippen LogP contribution in [0.25, 0.3) is 0 Å². The predicted molar refractivity (Wildman–Crippen MR) is 113 cm³/mol. The van der Waals surface area contributed by atoms with E-state index in [-0.39, 0.29) is 6.03 Å². The van der Waals surface area contributed by atoms with Crippen molar-refractivity contribution >= 4 is 17.4 Å². The number of nitrogens with zero attached hydrogens (tertiary/aromatic N) is 2. The zero-order chi connectivity index (χ0) is 19.1. The monoisotopic (exact) mass is 366 g/mol. The van der Waals surface area contributed by atoms with E-state index in [0.29, 0.717) is 6.54 Å². The molecule has 2 aromatic carbocycles. The van der Waals surface area contributed by atoms with Crippen LogP contribution in [0.3, 0.4) is 0 Å². The van der Waals surface area contributed by atoms with Gasteiger partial charge in [0.1, 0.15) is 0 Å². The Morgan fingerprint density at radius 2 is 1.70 bits per heavy atom. The quantitative estimate of drug-likeness (QED) is 0.768. The van der Waals surface area contributed by atoms with E-state index in [1.54, 1.807) is 0 Å². The number of aryl methyl sites for hydroxylation is 2. The van der Waals surface area contributed by atoms with E-state index in [2.05, 4.69) is 64.6 Å². The summed E-state index contributed by atoms with van der Waals surface area (Å²) >= 11 is 0. The van der Waals surface area contributed by atoms with Crippen LogP contribution in [0.1, 0.15) is 17.5 Å². The number of amides is 2. The lowest BCUT2D eigenvalue weighted by Gasteiger charge is -2.36. The second kappa shape index (κ2) is 9.42. The highest BCUT2D eigenvalue weighted by molar-refractivity contribution is 5.89. The van der Waals surface area contributed by atoms with Crippen molar-refractivity contribution in [3.05, 3.63) is 59.7 Å². The molecule has 2 aromatic rings. The van der Waals surface area contributed by atoms with Gasteiger partial charge in [-0.15, -0.1) is 0 Å². The number of piperazine rings is 1. The minimum atomic E-state index is -0.132. The minimum Gasteiger partial charge on any atom is -0.369 e. The molecule has 144 valence electrons. The second-order valence-corrected chi connectivity index (χ2v) is 7.20. The Morgan fingerprint density at radius 3 is 2.41 bits per heavy atom. The molecule has 27 heavy (non-hydrogen) atoms. The van der Waals surface area contributed by atoms with Crippen molar-refractivity contribution in [2.45, 2.75) is 20.3 Å². The molecule has 0 saturated carbocycles. The zero-order valence-electron chi connectivity index (χ0n) is 16.4. The maximum absolute atomic E-state index is 12.0. The Labute approximate surface area is 162 Å². The third-order valence-corrected chi connectivity index (χ3v) is 5.20. The molecule has 0 atom stereocenters. The first kappa shape index (κ1) is 19.2. The molecule has 2 N–H and O–H groups in total. The summed E-state index contributed by atoms with van der Waals surface area (Å²) in [7, 11) is 0. The Kier molecular flexibility index (Phi) is 6.71. The molecule has 3 rings (SSSR count). The Hall–Kier alpha value is -2.53. The average molecular weight is 367 g/mol. The van der Waals surface area contributed by atoms with Crippen LogP contribution in [0.2, 0.25) is 0 Å². The van der Waals surface area contributed by atoms with Crippen LogP contribution in [-0.4, -0.2) is 50.2 Å². The van der Waals surface area contributed by atoms with E-state index < -0.39 is 0 Å². The lowest BCUT2D eigenvalue weighted by molar-refractivity contribution is 0.244. The van der Waals surface area contributed by atoms with Crippen molar-refractivity contribution < 1.29 is 4.79 Å². The Morgan fingerprint density at radius 1 is 0.963 bits per heavy atom. The van der Waals surface area contributed by atoms with E-state index in [1.807, 2.05) is 18.2 Å². The predicted octanol–water partition coefficient (Wildman–Crippen LogP) is 3.64. The fourth-order valence-corrected chi connectivity index (χ4v) is 3.37. The number of carbonyl (C=O) groups excluding carboxylic acids is 1. The summed E-state index contributed by atoms with van der Waals surface area (Å²) in [5.74, 6) is 0. The van der Waals surface area contributed by atoms with Crippen molar-refractivity contribution in [1.82, 2.24) is 10.2 Å². The highest BCUT2D eigenvalue weighted by Gasteiger charge is 2.16. The van der Waals surface area contributed by atoms with Gasteiger partial charge in [0.2, 0.25) is 0 Å². The molecule has 0 unspecified atom stereocenters. The van der Waals surface area contributed by atoms with Crippen LogP contribution in [0.4, 0.5) is 16.2 Å². The highest BCUT2D eigenvalue weighted by Crippen LogP contribution is 2.16. The number of benzene rings is 2. The molecule has 1 heterocycles. The lowest BCUT2D eigenvalue weighted by atomic mass is 10.1. The summed E-state index contributed by atoms with van der Waals surface area (Å²) in [5, 5.41) is 5.85. The van der Waals surface area contributed by atoms with Crippen molar-refractivity contribution in [2.75, 3.05) is 49.5 Å². The first-order chi connectivity index (χ1) is 13.1. The molecule has 5 heteroatoms. The van der Waals surface area contributed by atoms with Gasteiger partial charge < -0.3 is 15.5 Å². The molecule has 0 spiro atoms. The van der Waals surface area contributed by atoms with Gasteiger partial charge in [-0.05, 0) is 62.2 Å². The largest absolute Gasteiger partial charge is 0.369 e. The van der Waals surface area contributed by atoms with Gasteiger partial charge in [0.25, 0.3) is 0 Å². The molecule has 0 aliphatic carbocycles. The third kappa shape index (κ3) is 5.73. The number of rotatable bonds is 6. The normalized spacial score (nSPS) is 14.8. The van der Waals surface area contributed by atoms with Gasteiger partial charge in [-0.25, -0.2) is 4.79 Å². The molecule has 0 bridgehead atoms. The van der Waals surface area contributed by atoms with E-state index >= 15 is 0 Å². The number of para-hydroxylation sites is 1. The van der Waals surface area contributed by atoms with Crippen molar-refractivity contribution in [1.29, 1.82) is 0 Å². The Balaban J connectivity index is 1.31. The SMILES string of the molecule is Cc1ccc(NC(=O)NCCCN2CCN(c3ccccc3)CC2)cc1C. The standard InChI is InChI=1S/C22H30N4O/c1-18-9-10-20(17-19(18)2)24-22(27)23-11-6-12-25-13-15-26(16-14-25)21-7-4-3-5-8-21/h3-5,7-10,17H,6,11-16H2,1-2H3,(H2,23,24,27). The van der Waals surface area contributed by atoms with Crippen LogP contribution in [0.15, 0.2) is 48.5 Å². The van der Waals surface area contributed by atoms with Crippen LogP contribution in [0.5, 0.6) is 0 Å². The second-order valence-electron chi connectivity index (χ2n) is 7.20. The molecule has 0 radical (unpaired) electrons. The molecule has 5 nitrogen and oxygen atoms in total. The van der Waals surface area contributed by atoms with Crippen molar-refractivity contribution in [2.24, 2.45) is 0 Å². The van der Waals surface area contributed by atoms with E-state index in [0.717, 1.165) is 44.8 Å². The summed E-state index contributed by atoms with van der Waals surface area (Å²) in [6, 6.07) is 16.4. The summed E-state index contributed by atoms with van der Waals surface area (Å²) in [5.41, 5.74) is 4.56. The van der Waals surface area contributed by atoms with Gasteiger partial charge in [0.05, 0.1) is 0 Å². The number of anilines is 2. The van der Waals surface area contributed by atoms with Crippen LogP contribution >= 0.6 is 0 Å². The van der Waals surface area contributed by atoms with Crippen LogP contribution in [0, 0.1) is 13.8 Å². The Bertz CT molecular complexity index is 739. The fraction of sp³-hybridized carbons (Fsp3) is 0.409. The first-order valence-corrected chi connectivity index (χ1v) is 9.76. The third-order valence-electron chi connectivity index (χ3n) is 5.20. The summed E-state index contributed by atoms with van der Waals surface area (Å²) in [6.45, 7) is 10.1. The number of hydrogen-bond acceptors (Lipinski definition) is 3. The van der Waals surface area contributed by atoms with Crippen molar-refractivity contribution in [3.8, 4) is 0 Å². The zero-order valence-corrected chi connectivity index (χ0v) is 16.4. The smallest absolute Gasteiger partial charge is 0.319 e. The molecule has 1 fully saturated rings. The molecule has 2 amide bonds. The van der Waals surface area contributed by atoms with Gasteiger partial charge in [0, 0.05) is 44.1 Å². The van der Waals surface area contributed by atoms with E-state index in [1.165, 1.54) is 16.8 Å². The summed E-state index contributed by atoms with van der Waals surface area (Å²) in [6.07, 6.45) is 0.964. The topological polar surface area (TPSA) is 47.6 Å². The molecule has 1 saturated heterocycles. The molecular weight excluding hydrogens is 336 g/mol. The number of nitrogens with one attached hydrogen (secondary N) is 2. The maximum atomic E-state index is 12.0. The highest BCUT2D eigenvalue weighted by atomic mass is 16.2. The van der Waals surface area contributed by atoms with E-state index in [4.69, 9.17) is 0 Å². The van der Waals surface area contributed by atoms with Gasteiger partial charge in [-0.3, -0.25) is 4.90 Å². The lowest BCUT2D eigenvalue weighted by Crippen LogP contribution is -2.47. The fourth-order valence-electron chi connectivity index (χ4n) is 3.37. The maximum Gasteiger partial charge on any atom is 0.319 e. The number of carbonyl (C=O) groups is 1. The minimum absolute atomic E-state index is 0.132. The molecular formula is C22H30N4O. The van der Waals surface area contributed by atoms with Gasteiger partial charge in [0.15, 0.2) is 0 Å². The average Bonchev–Trinajstić information content (AvgIpc) is 2.69. The van der Waals surface area contributed by atoms with Crippen LogP contribution < -0.4 is 15.5 Å². The van der Waals surface area contributed by atoms with Gasteiger partial charge in [-0.1, -0.05) is 24.3 Å².